The zero-order chi connectivity index (χ0) is 17.1. The molecule has 2 amide bonds. The molecule has 0 radical (unpaired) electrons. The van der Waals surface area contributed by atoms with E-state index in [2.05, 4.69) is 10.5 Å². The van der Waals surface area contributed by atoms with E-state index in [9.17, 15) is 4.79 Å². The van der Waals surface area contributed by atoms with Gasteiger partial charge in [0.25, 0.3) is 0 Å². The summed E-state index contributed by atoms with van der Waals surface area (Å²) >= 11 is 0. The minimum atomic E-state index is -0.121. The van der Waals surface area contributed by atoms with Crippen LogP contribution in [0, 0.1) is 6.92 Å². The highest BCUT2D eigenvalue weighted by Gasteiger charge is 2.25. The van der Waals surface area contributed by atoms with E-state index in [1.54, 1.807) is 19.1 Å². The Labute approximate surface area is 140 Å². The van der Waals surface area contributed by atoms with Crippen LogP contribution < -0.4 is 14.8 Å². The van der Waals surface area contributed by atoms with Crippen LogP contribution in [-0.2, 0) is 19.5 Å². The number of benzene rings is 1. The fourth-order valence-electron chi connectivity index (χ4n) is 2.83. The number of nitrogens with zero attached hydrogens (tertiary/aromatic N) is 2. The Hall–Kier alpha value is -2.70. The lowest BCUT2D eigenvalue weighted by molar-refractivity contribution is 0.183. The maximum Gasteiger partial charge on any atom is 0.318 e. The second-order valence-corrected chi connectivity index (χ2v) is 5.69. The number of hydrogen-bond donors (Lipinski definition) is 1. The van der Waals surface area contributed by atoms with Crippen molar-refractivity contribution < 1.29 is 18.8 Å². The van der Waals surface area contributed by atoms with Crippen molar-refractivity contribution in [2.45, 2.75) is 26.4 Å². The van der Waals surface area contributed by atoms with Crippen molar-refractivity contribution >= 4 is 6.03 Å². The van der Waals surface area contributed by atoms with Crippen molar-refractivity contribution in [1.82, 2.24) is 15.4 Å². The molecule has 0 unspecified atom stereocenters. The van der Waals surface area contributed by atoms with Crippen molar-refractivity contribution in [3.05, 3.63) is 40.8 Å². The maximum absolute atomic E-state index is 12.4. The number of nitrogens with one attached hydrogen (secondary N) is 1. The van der Waals surface area contributed by atoms with Crippen LogP contribution in [0.25, 0.3) is 0 Å². The van der Waals surface area contributed by atoms with E-state index >= 15 is 0 Å². The summed E-state index contributed by atoms with van der Waals surface area (Å²) < 4.78 is 15.8. The van der Waals surface area contributed by atoms with Gasteiger partial charge in [-0.15, -0.1) is 0 Å². The SMILES string of the molecule is COc1ccc(CNC(=O)N2CCc3c(C)noc3C2)cc1OC. The predicted molar refractivity (Wildman–Crippen MR) is 87.1 cm³/mol. The molecule has 0 fully saturated rings. The van der Waals surface area contributed by atoms with Crippen molar-refractivity contribution in [3.63, 3.8) is 0 Å². The second-order valence-electron chi connectivity index (χ2n) is 5.69. The molecular weight excluding hydrogens is 310 g/mol. The quantitative estimate of drug-likeness (QED) is 0.930. The molecule has 1 aliphatic heterocycles. The van der Waals surface area contributed by atoms with Crippen LogP contribution in [0.1, 0.15) is 22.6 Å². The van der Waals surface area contributed by atoms with E-state index in [1.165, 1.54) is 0 Å². The second kappa shape index (κ2) is 6.82. The third-order valence-corrected chi connectivity index (χ3v) is 4.21. The number of aromatic nitrogens is 1. The number of hydrogen-bond acceptors (Lipinski definition) is 5. The summed E-state index contributed by atoms with van der Waals surface area (Å²) in [6, 6.07) is 5.46. The van der Waals surface area contributed by atoms with Gasteiger partial charge in [0, 0.05) is 18.7 Å². The van der Waals surface area contributed by atoms with Gasteiger partial charge in [0.1, 0.15) is 0 Å². The van der Waals surface area contributed by atoms with Gasteiger partial charge in [-0.05, 0) is 31.0 Å². The first kappa shape index (κ1) is 16.2. The lowest BCUT2D eigenvalue weighted by Gasteiger charge is -2.26. The van der Waals surface area contributed by atoms with Gasteiger partial charge in [-0.3, -0.25) is 0 Å². The van der Waals surface area contributed by atoms with Crippen molar-refractivity contribution in [1.29, 1.82) is 0 Å². The summed E-state index contributed by atoms with van der Waals surface area (Å²) in [5.74, 6) is 2.08. The molecule has 2 heterocycles. The first-order chi connectivity index (χ1) is 11.6. The number of amides is 2. The molecule has 2 aromatic rings. The Morgan fingerprint density at radius 1 is 1.33 bits per heavy atom. The molecule has 3 rings (SSSR count). The van der Waals surface area contributed by atoms with Crippen molar-refractivity contribution in [2.75, 3.05) is 20.8 Å². The number of fused-ring (bicyclic) bond motifs is 1. The van der Waals surface area contributed by atoms with E-state index in [4.69, 9.17) is 14.0 Å². The number of aryl methyl sites for hydroxylation is 1. The standard InChI is InChI=1S/C17H21N3O4/c1-11-13-6-7-20(10-16(13)24-19-11)17(21)18-9-12-4-5-14(22-2)15(8-12)23-3/h4-5,8H,6-7,9-10H2,1-3H3,(H,18,21). The Bertz CT molecular complexity index is 741. The number of carbonyl (C=O) groups excluding carboxylic acids is 1. The summed E-state index contributed by atoms with van der Waals surface area (Å²) in [6.07, 6.45) is 0.772. The smallest absolute Gasteiger partial charge is 0.318 e. The normalized spacial score (nSPS) is 13.4. The monoisotopic (exact) mass is 331 g/mol. The Morgan fingerprint density at radius 2 is 2.12 bits per heavy atom. The minimum Gasteiger partial charge on any atom is -0.493 e. The highest BCUT2D eigenvalue weighted by molar-refractivity contribution is 5.74. The average Bonchev–Trinajstić information content (AvgIpc) is 2.99. The lowest BCUT2D eigenvalue weighted by Crippen LogP contribution is -2.42. The maximum atomic E-state index is 12.4. The molecule has 7 nitrogen and oxygen atoms in total. The number of methoxy groups -OCH3 is 2. The molecule has 7 heteroatoms. The third-order valence-electron chi connectivity index (χ3n) is 4.21. The van der Waals surface area contributed by atoms with Crippen LogP contribution in [0.15, 0.2) is 22.7 Å². The topological polar surface area (TPSA) is 76.8 Å². The molecule has 1 aromatic heterocycles. The number of urea groups is 1. The number of ether oxygens (including phenoxy) is 2. The molecule has 0 saturated heterocycles. The van der Waals surface area contributed by atoms with Crippen LogP contribution in [0.3, 0.4) is 0 Å². The molecular formula is C17H21N3O4. The molecule has 128 valence electrons. The number of rotatable bonds is 4. The van der Waals surface area contributed by atoms with Crippen molar-refractivity contribution in [3.8, 4) is 11.5 Å². The molecule has 0 spiro atoms. The first-order valence-electron chi connectivity index (χ1n) is 7.80. The molecule has 0 bridgehead atoms. The zero-order valence-corrected chi connectivity index (χ0v) is 14.1. The highest BCUT2D eigenvalue weighted by Crippen LogP contribution is 2.27. The summed E-state index contributed by atoms with van der Waals surface area (Å²) in [4.78, 5) is 14.1. The van der Waals surface area contributed by atoms with E-state index < -0.39 is 0 Å². The van der Waals surface area contributed by atoms with Crippen LogP contribution in [0.5, 0.6) is 11.5 Å². The van der Waals surface area contributed by atoms with Gasteiger partial charge in [0.2, 0.25) is 0 Å². The highest BCUT2D eigenvalue weighted by atomic mass is 16.5. The van der Waals surface area contributed by atoms with Crippen LogP contribution >= 0.6 is 0 Å². The molecule has 24 heavy (non-hydrogen) atoms. The molecule has 0 atom stereocenters. The minimum absolute atomic E-state index is 0.121. The lowest BCUT2D eigenvalue weighted by atomic mass is 10.1. The van der Waals surface area contributed by atoms with Gasteiger partial charge in [0.15, 0.2) is 17.3 Å². The Kier molecular flexibility index (Phi) is 4.59. The molecule has 1 N–H and O–H groups in total. The third kappa shape index (κ3) is 3.15. The van der Waals surface area contributed by atoms with Gasteiger partial charge < -0.3 is 24.2 Å². The zero-order valence-electron chi connectivity index (χ0n) is 14.1. The summed E-state index contributed by atoms with van der Waals surface area (Å²) in [7, 11) is 3.18. The molecule has 0 saturated carbocycles. The predicted octanol–water partition coefficient (Wildman–Crippen LogP) is 2.27. The van der Waals surface area contributed by atoms with E-state index in [-0.39, 0.29) is 6.03 Å². The fraction of sp³-hybridized carbons (Fsp3) is 0.412. The molecule has 0 aliphatic carbocycles. The Morgan fingerprint density at radius 3 is 2.88 bits per heavy atom. The first-order valence-corrected chi connectivity index (χ1v) is 7.80. The van der Waals surface area contributed by atoms with Crippen LogP contribution in [0.4, 0.5) is 4.79 Å². The van der Waals surface area contributed by atoms with Crippen molar-refractivity contribution in [2.24, 2.45) is 0 Å². The van der Waals surface area contributed by atoms with Crippen LogP contribution in [-0.4, -0.2) is 36.9 Å². The van der Waals surface area contributed by atoms with Gasteiger partial charge in [0.05, 0.1) is 26.5 Å². The summed E-state index contributed by atoms with van der Waals surface area (Å²) in [5.41, 5.74) is 2.98. The molecule has 1 aromatic carbocycles. The van der Waals surface area contributed by atoms with E-state index in [1.807, 2.05) is 25.1 Å². The van der Waals surface area contributed by atoms with E-state index in [0.717, 1.165) is 29.0 Å². The molecule has 1 aliphatic rings. The summed E-state index contributed by atoms with van der Waals surface area (Å²) in [5, 5.41) is 6.89. The average molecular weight is 331 g/mol. The van der Waals surface area contributed by atoms with E-state index in [0.29, 0.717) is 31.1 Å². The van der Waals surface area contributed by atoms with Crippen LogP contribution in [0.2, 0.25) is 0 Å². The fourth-order valence-corrected chi connectivity index (χ4v) is 2.83. The number of carbonyl (C=O) groups is 1. The van der Waals surface area contributed by atoms with Gasteiger partial charge in [-0.1, -0.05) is 11.2 Å². The largest absolute Gasteiger partial charge is 0.493 e. The Balaban J connectivity index is 1.60. The van der Waals surface area contributed by atoms with Gasteiger partial charge in [-0.2, -0.15) is 0 Å². The van der Waals surface area contributed by atoms with Gasteiger partial charge >= 0.3 is 6.03 Å². The summed E-state index contributed by atoms with van der Waals surface area (Å²) in [6.45, 7) is 3.45. The van der Waals surface area contributed by atoms with Gasteiger partial charge in [-0.25, -0.2) is 4.79 Å².